The van der Waals surface area contributed by atoms with E-state index in [4.69, 9.17) is 5.11 Å². The van der Waals surface area contributed by atoms with Gasteiger partial charge in [0.25, 0.3) is 5.91 Å². The van der Waals surface area contributed by atoms with Crippen LogP contribution in [0.5, 0.6) is 0 Å². The molecule has 0 aliphatic carbocycles. The summed E-state index contributed by atoms with van der Waals surface area (Å²) in [5.41, 5.74) is 0.546. The van der Waals surface area contributed by atoms with Crippen LogP contribution >= 0.6 is 31.9 Å². The largest absolute Gasteiger partial charge is 0.478 e. The van der Waals surface area contributed by atoms with Crippen molar-refractivity contribution in [2.45, 2.75) is 0 Å². The van der Waals surface area contributed by atoms with Crippen molar-refractivity contribution in [3.8, 4) is 0 Å². The maximum Gasteiger partial charge on any atom is 0.335 e. The molecule has 0 saturated carbocycles. The van der Waals surface area contributed by atoms with Crippen molar-refractivity contribution >= 4 is 55.7 Å². The summed E-state index contributed by atoms with van der Waals surface area (Å²) in [4.78, 5) is 32.7. The third kappa shape index (κ3) is 3.78. The third-order valence-corrected chi connectivity index (χ3v) is 3.80. The molecule has 0 unspecified atom stereocenters. The van der Waals surface area contributed by atoms with Gasteiger partial charge in [-0.2, -0.15) is 0 Å². The van der Waals surface area contributed by atoms with Crippen LogP contribution in [-0.2, 0) is 9.59 Å². The van der Waals surface area contributed by atoms with Gasteiger partial charge in [-0.15, -0.1) is 0 Å². The molecule has 0 saturated heterocycles. The van der Waals surface area contributed by atoms with E-state index in [2.05, 4.69) is 37.2 Å². The molecule has 0 aliphatic rings. The first-order valence-electron chi connectivity index (χ1n) is 4.61. The normalized spacial score (nSPS) is 11.4. The molecule has 5 nitrogen and oxygen atoms in total. The fourth-order valence-corrected chi connectivity index (χ4v) is 1.41. The lowest BCUT2D eigenvalue weighted by molar-refractivity contribution is -0.112. The van der Waals surface area contributed by atoms with Crippen molar-refractivity contribution in [3.05, 3.63) is 38.8 Å². The van der Waals surface area contributed by atoms with Crippen LogP contribution in [0.2, 0.25) is 0 Å². The molecule has 0 aliphatic heterocycles. The van der Waals surface area contributed by atoms with E-state index in [1.807, 2.05) is 0 Å². The van der Waals surface area contributed by atoms with E-state index < -0.39 is 11.9 Å². The van der Waals surface area contributed by atoms with Crippen molar-refractivity contribution in [1.82, 2.24) is 0 Å². The second-order valence-electron chi connectivity index (χ2n) is 3.12. The second kappa shape index (κ2) is 6.46. The summed E-state index contributed by atoms with van der Waals surface area (Å²) in [6.45, 7) is 0. The second-order valence-corrected chi connectivity index (χ2v) is 4.76. The zero-order valence-electron chi connectivity index (χ0n) is 8.81. The van der Waals surface area contributed by atoms with Crippen molar-refractivity contribution < 1.29 is 19.5 Å². The number of amides is 1. The number of hydrogen-bond donors (Lipinski definition) is 2. The van der Waals surface area contributed by atoms with E-state index in [1.54, 1.807) is 0 Å². The van der Waals surface area contributed by atoms with Gasteiger partial charge in [0.1, 0.15) is 4.48 Å². The lowest BCUT2D eigenvalue weighted by Gasteiger charge is -2.05. The molecule has 0 spiro atoms. The van der Waals surface area contributed by atoms with Gasteiger partial charge in [-0.25, -0.2) is 4.79 Å². The number of benzene rings is 1. The van der Waals surface area contributed by atoms with Crippen LogP contribution in [0, 0.1) is 0 Å². The molecule has 0 atom stereocenters. The Morgan fingerprint density at radius 2 is 1.72 bits per heavy atom. The van der Waals surface area contributed by atoms with Crippen LogP contribution in [0.15, 0.2) is 33.2 Å². The number of carboxylic acids is 1. The Bertz CT molecular complexity index is 522. The average molecular weight is 377 g/mol. The quantitative estimate of drug-likeness (QED) is 0.624. The summed E-state index contributed by atoms with van der Waals surface area (Å²) in [5.74, 6) is -1.56. The maximum absolute atomic E-state index is 11.6. The highest BCUT2D eigenvalue weighted by atomic mass is 79.9. The number of aromatic carboxylic acids is 1. The summed E-state index contributed by atoms with van der Waals surface area (Å²) in [6, 6.07) is 5.64. The summed E-state index contributed by atoms with van der Waals surface area (Å²) < 4.78 is 0.141. The number of hydrogen-bond acceptors (Lipinski definition) is 3. The zero-order chi connectivity index (χ0) is 13.7. The number of halogens is 2. The highest BCUT2D eigenvalue weighted by Gasteiger charge is 2.11. The van der Waals surface area contributed by atoms with Crippen LogP contribution < -0.4 is 5.32 Å². The van der Waals surface area contributed by atoms with Gasteiger partial charge < -0.3 is 10.4 Å². The fraction of sp³-hybridized carbons (Fsp3) is 0. The van der Waals surface area contributed by atoms with Crippen molar-refractivity contribution in [2.75, 3.05) is 5.32 Å². The standard InChI is InChI=1S/C11H7Br2NO4/c12-8(5-15)9(13)10(16)14-7-3-1-6(2-4-7)11(17)18/h1-5H,(H,14,16)(H,17,18)/b9-8-. The lowest BCUT2D eigenvalue weighted by Crippen LogP contribution is -2.12. The Kier molecular flexibility index (Phi) is 5.24. The van der Waals surface area contributed by atoms with Crippen molar-refractivity contribution in [2.24, 2.45) is 0 Å². The van der Waals surface area contributed by atoms with E-state index in [0.717, 1.165) is 0 Å². The molecule has 2 N–H and O–H groups in total. The molecule has 0 heterocycles. The summed E-state index contributed by atoms with van der Waals surface area (Å²) in [5, 5.41) is 11.2. The minimum atomic E-state index is -1.04. The molecule has 0 bridgehead atoms. The van der Waals surface area contributed by atoms with E-state index in [-0.39, 0.29) is 14.5 Å². The van der Waals surface area contributed by atoms with Gasteiger partial charge in [0, 0.05) is 5.69 Å². The van der Waals surface area contributed by atoms with Gasteiger partial charge in [0.15, 0.2) is 6.29 Å². The van der Waals surface area contributed by atoms with Crippen LogP contribution in [0.1, 0.15) is 10.4 Å². The first-order chi connectivity index (χ1) is 8.45. The predicted octanol–water partition coefficient (Wildman–Crippen LogP) is 2.52. The van der Waals surface area contributed by atoms with Gasteiger partial charge in [0.05, 0.1) is 10.0 Å². The van der Waals surface area contributed by atoms with Crippen LogP contribution in [-0.4, -0.2) is 23.3 Å². The average Bonchev–Trinajstić information content (AvgIpc) is 2.37. The van der Waals surface area contributed by atoms with Crippen molar-refractivity contribution in [1.29, 1.82) is 0 Å². The molecule has 1 aromatic carbocycles. The van der Waals surface area contributed by atoms with E-state index >= 15 is 0 Å². The number of nitrogens with one attached hydrogen (secondary N) is 1. The smallest absolute Gasteiger partial charge is 0.335 e. The van der Waals surface area contributed by atoms with Crippen LogP contribution in [0.25, 0.3) is 0 Å². The first kappa shape index (κ1) is 14.6. The molecule has 94 valence electrons. The summed E-state index contributed by atoms with van der Waals surface area (Å²) in [7, 11) is 0. The Morgan fingerprint density at radius 3 is 2.17 bits per heavy atom. The molecule has 0 radical (unpaired) electrons. The maximum atomic E-state index is 11.6. The minimum absolute atomic E-state index is 0.0554. The van der Waals surface area contributed by atoms with E-state index in [9.17, 15) is 14.4 Å². The lowest BCUT2D eigenvalue weighted by atomic mass is 10.2. The van der Waals surface area contributed by atoms with E-state index in [0.29, 0.717) is 12.0 Å². The van der Waals surface area contributed by atoms with E-state index in [1.165, 1.54) is 24.3 Å². The molecule has 7 heteroatoms. The first-order valence-corrected chi connectivity index (χ1v) is 6.19. The number of allylic oxidation sites excluding steroid dienone is 1. The summed E-state index contributed by atoms with van der Waals surface area (Å²) in [6.07, 6.45) is 0.483. The predicted molar refractivity (Wildman–Crippen MR) is 73.0 cm³/mol. The Labute approximate surface area is 119 Å². The fourth-order valence-electron chi connectivity index (χ4n) is 1.04. The van der Waals surface area contributed by atoms with Crippen molar-refractivity contribution in [3.63, 3.8) is 0 Å². The Balaban J connectivity index is 2.83. The monoisotopic (exact) mass is 375 g/mol. The number of carbonyl (C=O) groups is 3. The Hall–Kier alpha value is -1.47. The molecule has 0 fully saturated rings. The molecule has 1 amide bonds. The number of carbonyl (C=O) groups excluding carboxylic acids is 2. The molecule has 1 aromatic rings. The Morgan fingerprint density at radius 1 is 1.17 bits per heavy atom. The number of anilines is 1. The van der Waals surface area contributed by atoms with Crippen LogP contribution in [0.3, 0.4) is 0 Å². The van der Waals surface area contributed by atoms with Gasteiger partial charge >= 0.3 is 5.97 Å². The third-order valence-electron chi connectivity index (χ3n) is 1.90. The minimum Gasteiger partial charge on any atom is -0.478 e. The topological polar surface area (TPSA) is 83.5 Å². The van der Waals surface area contributed by atoms with Gasteiger partial charge in [-0.1, -0.05) is 0 Å². The van der Waals surface area contributed by atoms with Gasteiger partial charge in [-0.05, 0) is 56.1 Å². The number of carboxylic acid groups (broad SMARTS) is 1. The molecule has 0 aromatic heterocycles. The number of rotatable bonds is 4. The molecular formula is C11H7Br2NO4. The molecule has 18 heavy (non-hydrogen) atoms. The van der Waals surface area contributed by atoms with Crippen LogP contribution in [0.4, 0.5) is 5.69 Å². The SMILES string of the molecule is O=C/C(Br)=C(/Br)C(=O)Nc1ccc(C(=O)O)cc1. The van der Waals surface area contributed by atoms with Gasteiger partial charge in [-0.3, -0.25) is 9.59 Å². The highest BCUT2D eigenvalue weighted by molar-refractivity contribution is 9.14. The zero-order valence-corrected chi connectivity index (χ0v) is 12.0. The van der Waals surface area contributed by atoms with Gasteiger partial charge in [0.2, 0.25) is 0 Å². The summed E-state index contributed by atoms with van der Waals surface area (Å²) >= 11 is 5.87. The molecule has 1 rings (SSSR count). The molecular weight excluding hydrogens is 370 g/mol. The highest BCUT2D eigenvalue weighted by Crippen LogP contribution is 2.18. The number of aldehydes is 1.